The molecular weight excluding hydrogens is 444 g/mol. The van der Waals surface area contributed by atoms with Crippen molar-refractivity contribution in [3.8, 4) is 0 Å². The molecule has 0 fully saturated rings. The van der Waals surface area contributed by atoms with Crippen LogP contribution in [-0.4, -0.2) is 35.7 Å². The first-order valence-corrected chi connectivity index (χ1v) is 10.3. The number of imide groups is 1. The van der Waals surface area contributed by atoms with Crippen molar-refractivity contribution < 1.29 is 14.4 Å². The van der Waals surface area contributed by atoms with Gasteiger partial charge in [0, 0.05) is 23.2 Å². The molecule has 0 aliphatic carbocycles. The number of anilines is 1. The van der Waals surface area contributed by atoms with E-state index in [0.29, 0.717) is 26.9 Å². The fourth-order valence-corrected chi connectivity index (χ4v) is 4.02. The van der Waals surface area contributed by atoms with E-state index in [2.05, 4.69) is 15.9 Å². The van der Waals surface area contributed by atoms with Gasteiger partial charge in [-0.2, -0.15) is 0 Å². The van der Waals surface area contributed by atoms with Crippen LogP contribution in [0.3, 0.4) is 0 Å². The van der Waals surface area contributed by atoms with Gasteiger partial charge in [-0.25, -0.2) is 0 Å². The second kappa shape index (κ2) is 8.24. The molecule has 1 heterocycles. The molecule has 3 aromatic rings. The quantitative estimate of drug-likeness (QED) is 0.516. The van der Waals surface area contributed by atoms with Gasteiger partial charge in [0.1, 0.15) is 0 Å². The van der Waals surface area contributed by atoms with Crippen LogP contribution in [0.1, 0.15) is 36.6 Å². The monoisotopic (exact) mass is 462 g/mol. The van der Waals surface area contributed by atoms with Gasteiger partial charge in [-0.1, -0.05) is 36.4 Å². The summed E-state index contributed by atoms with van der Waals surface area (Å²) in [7, 11) is 0. The number of carbonyl (C=O) groups is 3. The molecule has 4 rings (SSSR count). The molecule has 1 aliphatic heterocycles. The summed E-state index contributed by atoms with van der Waals surface area (Å²) in [5, 5.41) is 0. The number of nitrogens with zero attached hydrogens (tertiary/aromatic N) is 2. The standard InChI is InChI=1S/C24H19BrN2O3/c1-16-7-6-8-17(15-16)26(24(30)20-11-4-5-12-21(20)25)13-14-27-22(28)18-9-2-3-10-19(18)23(27)29/h2-12,15H,13-14H2,1H3. The van der Waals surface area contributed by atoms with Crippen molar-refractivity contribution in [3.63, 3.8) is 0 Å². The number of carbonyl (C=O) groups excluding carboxylic acids is 3. The van der Waals surface area contributed by atoms with Crippen LogP contribution in [0.5, 0.6) is 0 Å². The minimum atomic E-state index is -0.326. The predicted molar refractivity (Wildman–Crippen MR) is 119 cm³/mol. The van der Waals surface area contributed by atoms with Crippen molar-refractivity contribution in [2.45, 2.75) is 6.92 Å². The van der Waals surface area contributed by atoms with E-state index in [-0.39, 0.29) is 30.8 Å². The number of amides is 3. The highest BCUT2D eigenvalue weighted by Gasteiger charge is 2.35. The van der Waals surface area contributed by atoms with Gasteiger partial charge in [0.15, 0.2) is 0 Å². The summed E-state index contributed by atoms with van der Waals surface area (Å²) in [5.41, 5.74) is 3.05. The molecule has 0 bridgehead atoms. The molecule has 6 heteroatoms. The summed E-state index contributed by atoms with van der Waals surface area (Å²) in [6.45, 7) is 2.25. The van der Waals surface area contributed by atoms with Gasteiger partial charge in [-0.05, 0) is 64.8 Å². The molecule has 0 radical (unpaired) electrons. The second-order valence-electron chi connectivity index (χ2n) is 7.08. The van der Waals surface area contributed by atoms with Gasteiger partial charge in [0.2, 0.25) is 0 Å². The lowest BCUT2D eigenvalue weighted by atomic mass is 10.1. The Kier molecular flexibility index (Phi) is 5.50. The third kappa shape index (κ3) is 3.66. The van der Waals surface area contributed by atoms with Crippen LogP contribution in [0.25, 0.3) is 0 Å². The maximum Gasteiger partial charge on any atom is 0.261 e. The van der Waals surface area contributed by atoms with Crippen LogP contribution < -0.4 is 4.90 Å². The smallest absolute Gasteiger partial charge is 0.261 e. The van der Waals surface area contributed by atoms with Crippen molar-refractivity contribution in [2.75, 3.05) is 18.0 Å². The van der Waals surface area contributed by atoms with E-state index in [4.69, 9.17) is 0 Å². The largest absolute Gasteiger partial charge is 0.307 e. The molecule has 0 aromatic heterocycles. The van der Waals surface area contributed by atoms with E-state index in [1.807, 2.05) is 43.3 Å². The van der Waals surface area contributed by atoms with Crippen molar-refractivity contribution >= 4 is 39.3 Å². The van der Waals surface area contributed by atoms with Gasteiger partial charge in [-0.3, -0.25) is 19.3 Å². The first-order valence-electron chi connectivity index (χ1n) is 9.55. The van der Waals surface area contributed by atoms with Crippen molar-refractivity contribution in [1.29, 1.82) is 0 Å². The lowest BCUT2D eigenvalue weighted by Gasteiger charge is -2.26. The third-order valence-corrected chi connectivity index (χ3v) is 5.78. The third-order valence-electron chi connectivity index (χ3n) is 5.09. The molecule has 5 nitrogen and oxygen atoms in total. The summed E-state index contributed by atoms with van der Waals surface area (Å²) < 4.78 is 0.688. The Balaban J connectivity index is 1.63. The molecular formula is C24H19BrN2O3. The Morgan fingerprint density at radius 1 is 0.900 bits per heavy atom. The van der Waals surface area contributed by atoms with Crippen LogP contribution in [-0.2, 0) is 0 Å². The van der Waals surface area contributed by atoms with Crippen LogP contribution >= 0.6 is 15.9 Å². The second-order valence-corrected chi connectivity index (χ2v) is 7.94. The Hall–Kier alpha value is -3.25. The number of benzene rings is 3. The van der Waals surface area contributed by atoms with E-state index in [1.54, 1.807) is 41.3 Å². The average molecular weight is 463 g/mol. The molecule has 30 heavy (non-hydrogen) atoms. The zero-order valence-electron chi connectivity index (χ0n) is 16.3. The number of halogens is 1. The topological polar surface area (TPSA) is 57.7 Å². The zero-order valence-corrected chi connectivity index (χ0v) is 17.9. The van der Waals surface area contributed by atoms with Crippen molar-refractivity contribution in [3.05, 3.63) is 99.5 Å². The van der Waals surface area contributed by atoms with E-state index in [9.17, 15) is 14.4 Å². The molecule has 0 spiro atoms. The van der Waals surface area contributed by atoms with Crippen LogP contribution in [0.4, 0.5) is 5.69 Å². The van der Waals surface area contributed by atoms with Gasteiger partial charge in [-0.15, -0.1) is 0 Å². The Labute approximate surface area is 183 Å². The van der Waals surface area contributed by atoms with Gasteiger partial charge < -0.3 is 4.90 Å². The van der Waals surface area contributed by atoms with E-state index < -0.39 is 0 Å². The number of aryl methyl sites for hydroxylation is 1. The van der Waals surface area contributed by atoms with Crippen molar-refractivity contribution in [1.82, 2.24) is 4.90 Å². The predicted octanol–water partition coefficient (Wildman–Crippen LogP) is 4.70. The first-order chi connectivity index (χ1) is 14.5. The maximum atomic E-state index is 13.4. The Morgan fingerprint density at radius 3 is 2.17 bits per heavy atom. The number of rotatable bonds is 5. The zero-order chi connectivity index (χ0) is 21.3. The molecule has 3 amide bonds. The molecule has 0 N–H and O–H groups in total. The average Bonchev–Trinajstić information content (AvgIpc) is 2.99. The SMILES string of the molecule is Cc1cccc(N(CCN2C(=O)c3ccccc3C2=O)C(=O)c2ccccc2Br)c1. The van der Waals surface area contributed by atoms with E-state index in [0.717, 1.165) is 5.56 Å². The highest BCUT2D eigenvalue weighted by Crippen LogP contribution is 2.25. The molecule has 1 aliphatic rings. The fourth-order valence-electron chi connectivity index (χ4n) is 3.57. The lowest BCUT2D eigenvalue weighted by Crippen LogP contribution is -2.41. The van der Waals surface area contributed by atoms with Gasteiger partial charge in [0.25, 0.3) is 17.7 Å². The summed E-state index contributed by atoms with van der Waals surface area (Å²) >= 11 is 3.44. The molecule has 0 unspecified atom stereocenters. The minimum Gasteiger partial charge on any atom is -0.307 e. The van der Waals surface area contributed by atoms with E-state index >= 15 is 0 Å². The van der Waals surface area contributed by atoms with Crippen LogP contribution in [0.15, 0.2) is 77.3 Å². The summed E-state index contributed by atoms with van der Waals surface area (Å²) in [6, 6.07) is 21.6. The minimum absolute atomic E-state index is 0.108. The molecule has 0 saturated heterocycles. The molecule has 0 saturated carbocycles. The Bertz CT molecular complexity index is 1120. The molecule has 150 valence electrons. The lowest BCUT2D eigenvalue weighted by molar-refractivity contribution is 0.0654. The number of hydrogen-bond donors (Lipinski definition) is 0. The molecule has 3 aromatic carbocycles. The molecule has 0 atom stereocenters. The first kappa shape index (κ1) is 20.0. The van der Waals surface area contributed by atoms with Crippen LogP contribution in [0, 0.1) is 6.92 Å². The highest BCUT2D eigenvalue weighted by atomic mass is 79.9. The maximum absolute atomic E-state index is 13.4. The summed E-state index contributed by atoms with van der Waals surface area (Å²) in [4.78, 5) is 41.6. The van der Waals surface area contributed by atoms with Gasteiger partial charge in [0.05, 0.1) is 16.7 Å². The number of hydrogen-bond acceptors (Lipinski definition) is 3. The van der Waals surface area contributed by atoms with Crippen molar-refractivity contribution in [2.24, 2.45) is 0 Å². The Morgan fingerprint density at radius 2 is 1.53 bits per heavy atom. The normalized spacial score (nSPS) is 12.8. The van der Waals surface area contributed by atoms with E-state index in [1.165, 1.54) is 4.90 Å². The number of fused-ring (bicyclic) bond motifs is 1. The van der Waals surface area contributed by atoms with Gasteiger partial charge >= 0.3 is 0 Å². The van der Waals surface area contributed by atoms with Crippen LogP contribution in [0.2, 0.25) is 0 Å². The summed E-state index contributed by atoms with van der Waals surface area (Å²) in [5.74, 6) is -0.856. The summed E-state index contributed by atoms with van der Waals surface area (Å²) in [6.07, 6.45) is 0. The fraction of sp³-hybridized carbons (Fsp3) is 0.125. The highest BCUT2D eigenvalue weighted by molar-refractivity contribution is 9.10.